The first-order chi connectivity index (χ1) is 20.0. The van der Waals surface area contributed by atoms with Gasteiger partial charge >= 0.3 is 5.97 Å². The molecule has 0 aliphatic heterocycles. The van der Waals surface area contributed by atoms with Crippen LogP contribution >= 0.6 is 11.6 Å². The van der Waals surface area contributed by atoms with E-state index in [-0.39, 0.29) is 18.2 Å². The van der Waals surface area contributed by atoms with Crippen molar-refractivity contribution >= 4 is 28.5 Å². The molecule has 4 aromatic carbocycles. The van der Waals surface area contributed by atoms with Crippen molar-refractivity contribution in [3.8, 4) is 5.75 Å². The summed E-state index contributed by atoms with van der Waals surface area (Å²) < 4.78 is 27.8. The fraction of sp³-hybridized carbons (Fsp3) is 0.206. The summed E-state index contributed by atoms with van der Waals surface area (Å²) in [6.07, 6.45) is 1.21. The second-order valence-electron chi connectivity index (χ2n) is 9.68. The highest BCUT2D eigenvalue weighted by atomic mass is 35.5. The lowest BCUT2D eigenvalue weighted by Crippen LogP contribution is -2.18. The van der Waals surface area contributed by atoms with Crippen molar-refractivity contribution < 1.29 is 18.7 Å². The van der Waals surface area contributed by atoms with Crippen LogP contribution in [0.4, 0.5) is 4.39 Å². The number of carbonyl (C=O) groups is 1. The maximum absolute atomic E-state index is 14.6. The molecule has 0 spiro atoms. The molecule has 1 heterocycles. The first-order valence-electron chi connectivity index (χ1n) is 13.7. The lowest BCUT2D eigenvalue weighted by molar-refractivity contribution is 0.0521. The highest BCUT2D eigenvalue weighted by molar-refractivity contribution is 6.31. The maximum atomic E-state index is 14.6. The molecule has 0 unspecified atom stereocenters. The fourth-order valence-electron chi connectivity index (χ4n) is 5.38. The molecule has 0 saturated carbocycles. The average molecular weight is 571 g/mol. The Bertz CT molecular complexity index is 1600. The molecule has 41 heavy (non-hydrogen) atoms. The number of aromatic nitrogens is 1. The molecule has 0 atom stereocenters. The van der Waals surface area contributed by atoms with Gasteiger partial charge in [0.15, 0.2) is 0 Å². The van der Waals surface area contributed by atoms with Gasteiger partial charge in [0.1, 0.15) is 11.6 Å². The van der Waals surface area contributed by atoms with Crippen LogP contribution in [0.15, 0.2) is 97.1 Å². The van der Waals surface area contributed by atoms with Crippen LogP contribution in [-0.2, 0) is 17.6 Å². The first-order valence-corrected chi connectivity index (χ1v) is 14.1. The predicted molar refractivity (Wildman–Crippen MR) is 161 cm³/mol. The van der Waals surface area contributed by atoms with Crippen LogP contribution in [0.3, 0.4) is 0 Å². The Morgan fingerprint density at radius 1 is 0.927 bits per heavy atom. The smallest absolute Gasteiger partial charge is 0.341 e. The van der Waals surface area contributed by atoms with Crippen LogP contribution in [0, 0.1) is 5.82 Å². The largest absolute Gasteiger partial charge is 0.493 e. The third-order valence-corrected chi connectivity index (χ3v) is 7.34. The van der Waals surface area contributed by atoms with Gasteiger partial charge in [-0.3, -0.25) is 0 Å². The monoisotopic (exact) mass is 570 g/mol. The Kier molecular flexibility index (Phi) is 9.02. The molecule has 0 aliphatic rings. The lowest BCUT2D eigenvalue weighted by Gasteiger charge is -2.25. The van der Waals surface area contributed by atoms with Crippen molar-refractivity contribution in [2.24, 2.45) is 5.73 Å². The predicted octanol–water partition coefficient (Wildman–Crippen LogP) is 7.37. The van der Waals surface area contributed by atoms with Crippen LogP contribution in [0.2, 0.25) is 5.02 Å². The van der Waals surface area contributed by atoms with Gasteiger partial charge in [-0.1, -0.05) is 72.3 Å². The molecule has 0 bridgehead atoms. The third kappa shape index (κ3) is 6.14. The number of hydrogen-bond donors (Lipinski definition) is 1. The number of rotatable bonds is 11. The Morgan fingerprint density at radius 2 is 1.61 bits per heavy atom. The second-order valence-corrected chi connectivity index (χ2v) is 10.1. The molecule has 1 aromatic heterocycles. The minimum absolute atomic E-state index is 0.0817. The SMILES string of the molecule is CCOC(=O)c1ccc(OCCc2c(CCN)n(C(c3ccccc3)c3ccccc3)c3ccc(Cl)cc23)cc1F. The van der Waals surface area contributed by atoms with Gasteiger partial charge in [-0.2, -0.15) is 0 Å². The molecule has 210 valence electrons. The van der Waals surface area contributed by atoms with Gasteiger partial charge in [0.05, 0.1) is 24.8 Å². The highest BCUT2D eigenvalue weighted by Crippen LogP contribution is 2.37. The molecule has 0 fully saturated rings. The number of fused-ring (bicyclic) bond motifs is 1. The number of carbonyl (C=O) groups excluding carboxylic acids is 1. The molecule has 0 amide bonds. The van der Waals surface area contributed by atoms with Crippen molar-refractivity contribution in [3.63, 3.8) is 0 Å². The second kappa shape index (κ2) is 13.0. The van der Waals surface area contributed by atoms with E-state index in [1.54, 1.807) is 13.0 Å². The summed E-state index contributed by atoms with van der Waals surface area (Å²) in [5.41, 5.74) is 11.6. The van der Waals surface area contributed by atoms with E-state index >= 15 is 0 Å². The number of ether oxygens (including phenoxy) is 2. The van der Waals surface area contributed by atoms with E-state index in [1.165, 1.54) is 12.1 Å². The van der Waals surface area contributed by atoms with Gasteiger partial charge in [-0.25, -0.2) is 9.18 Å². The molecule has 5 rings (SSSR count). The Balaban J connectivity index is 1.54. The van der Waals surface area contributed by atoms with E-state index in [4.69, 9.17) is 26.8 Å². The zero-order valence-electron chi connectivity index (χ0n) is 22.9. The number of halogens is 2. The normalized spacial score (nSPS) is 11.2. The van der Waals surface area contributed by atoms with E-state index in [1.807, 2.05) is 24.3 Å². The minimum Gasteiger partial charge on any atom is -0.493 e. The number of nitrogens with two attached hydrogens (primary N) is 1. The average Bonchev–Trinajstić information content (AvgIpc) is 3.26. The van der Waals surface area contributed by atoms with Gasteiger partial charge < -0.3 is 19.8 Å². The third-order valence-electron chi connectivity index (χ3n) is 7.11. The maximum Gasteiger partial charge on any atom is 0.341 e. The van der Waals surface area contributed by atoms with E-state index < -0.39 is 11.8 Å². The van der Waals surface area contributed by atoms with Crippen LogP contribution < -0.4 is 10.5 Å². The van der Waals surface area contributed by atoms with Gasteiger partial charge in [0.25, 0.3) is 0 Å². The lowest BCUT2D eigenvalue weighted by atomic mass is 9.97. The van der Waals surface area contributed by atoms with Crippen molar-refractivity contribution in [1.82, 2.24) is 4.57 Å². The summed E-state index contributed by atoms with van der Waals surface area (Å²) in [6.45, 7) is 2.62. The summed E-state index contributed by atoms with van der Waals surface area (Å²) in [4.78, 5) is 12.0. The summed E-state index contributed by atoms with van der Waals surface area (Å²) in [6, 6.07) is 30.9. The fourth-order valence-corrected chi connectivity index (χ4v) is 5.55. The van der Waals surface area contributed by atoms with Crippen molar-refractivity contribution in [2.45, 2.75) is 25.8 Å². The van der Waals surface area contributed by atoms with Crippen LogP contribution in [0.5, 0.6) is 5.75 Å². The zero-order chi connectivity index (χ0) is 28.8. The molecule has 5 nitrogen and oxygen atoms in total. The van der Waals surface area contributed by atoms with E-state index in [9.17, 15) is 9.18 Å². The standard InChI is InChI=1S/C34H32ClFN2O3/c1-2-40-34(39)28-15-14-26(22-30(28)36)41-20-18-27-29-21-25(35)13-16-31(29)38(32(27)17-19-37)33(23-9-5-3-6-10-23)24-11-7-4-8-12-24/h3-16,21-22,33H,2,17-20,37H2,1H3. The zero-order valence-corrected chi connectivity index (χ0v) is 23.6. The number of esters is 1. The minimum atomic E-state index is -0.695. The molecular weight excluding hydrogens is 539 g/mol. The van der Waals surface area contributed by atoms with Gasteiger partial charge in [0, 0.05) is 40.5 Å². The van der Waals surface area contributed by atoms with Crippen LogP contribution in [0.25, 0.3) is 10.9 Å². The Morgan fingerprint density at radius 3 is 2.22 bits per heavy atom. The van der Waals surface area contributed by atoms with Crippen molar-refractivity contribution in [2.75, 3.05) is 19.8 Å². The van der Waals surface area contributed by atoms with Crippen molar-refractivity contribution in [1.29, 1.82) is 0 Å². The number of hydrogen-bond acceptors (Lipinski definition) is 4. The van der Waals surface area contributed by atoms with E-state index in [2.05, 4.69) is 59.2 Å². The summed E-state index contributed by atoms with van der Waals surface area (Å²) >= 11 is 6.51. The van der Waals surface area contributed by atoms with Gasteiger partial charge in [-0.15, -0.1) is 0 Å². The highest BCUT2D eigenvalue weighted by Gasteiger charge is 2.25. The summed E-state index contributed by atoms with van der Waals surface area (Å²) in [5, 5.41) is 1.67. The molecule has 2 N–H and O–H groups in total. The molecule has 0 radical (unpaired) electrons. The van der Waals surface area contributed by atoms with Crippen LogP contribution in [0.1, 0.15) is 45.7 Å². The summed E-state index contributed by atoms with van der Waals surface area (Å²) in [5.74, 6) is -1.04. The number of nitrogens with zero attached hydrogens (tertiary/aromatic N) is 1. The van der Waals surface area contributed by atoms with Gasteiger partial charge in [-0.05, 0) is 60.5 Å². The van der Waals surface area contributed by atoms with E-state index in [0.29, 0.717) is 36.8 Å². The van der Waals surface area contributed by atoms with Crippen LogP contribution in [-0.4, -0.2) is 30.3 Å². The molecule has 0 saturated heterocycles. The molecule has 0 aliphatic carbocycles. The number of benzene rings is 4. The molecular formula is C34H32ClFN2O3. The Hall–Kier alpha value is -4.13. The Labute approximate surface area is 244 Å². The summed E-state index contributed by atoms with van der Waals surface area (Å²) in [7, 11) is 0. The van der Waals surface area contributed by atoms with Crippen molar-refractivity contribution in [3.05, 3.63) is 136 Å². The van der Waals surface area contributed by atoms with E-state index in [0.717, 1.165) is 33.3 Å². The quantitative estimate of drug-likeness (QED) is 0.168. The first kappa shape index (κ1) is 28.4. The molecule has 5 aromatic rings. The topological polar surface area (TPSA) is 66.5 Å². The van der Waals surface area contributed by atoms with Gasteiger partial charge in [0.2, 0.25) is 0 Å². The molecule has 7 heteroatoms.